The predicted molar refractivity (Wildman–Crippen MR) is 61.1 cm³/mol. The van der Waals surface area contributed by atoms with Crippen LogP contribution < -0.4 is 10.1 Å². The van der Waals surface area contributed by atoms with Crippen LogP contribution >= 0.6 is 0 Å². The Morgan fingerprint density at radius 3 is 3.00 bits per heavy atom. The molecule has 0 aliphatic carbocycles. The van der Waals surface area contributed by atoms with Crippen LogP contribution in [0, 0.1) is 0 Å². The van der Waals surface area contributed by atoms with E-state index in [0.717, 1.165) is 25.4 Å². The van der Waals surface area contributed by atoms with Crippen LogP contribution in [0.4, 0.5) is 0 Å². The molecule has 3 rings (SSSR count). The summed E-state index contributed by atoms with van der Waals surface area (Å²) in [6, 6.07) is 12.7. The highest BCUT2D eigenvalue weighted by atomic mass is 16.5. The average molecular weight is 199 g/mol. The first-order chi connectivity index (χ1) is 7.45. The summed E-state index contributed by atoms with van der Waals surface area (Å²) in [5.41, 5.74) is 1.26. The highest BCUT2D eigenvalue weighted by Crippen LogP contribution is 2.30. The van der Waals surface area contributed by atoms with Crippen molar-refractivity contribution in [3.8, 4) is 5.75 Å². The Kier molecular flexibility index (Phi) is 2.07. The number of hydrogen-bond acceptors (Lipinski definition) is 2. The molecule has 76 valence electrons. The smallest absolute Gasteiger partial charge is 0.131 e. The third-order valence-corrected chi connectivity index (χ3v) is 2.80. The molecular weight excluding hydrogens is 186 g/mol. The summed E-state index contributed by atoms with van der Waals surface area (Å²) in [5, 5.41) is 5.81. The van der Waals surface area contributed by atoms with Gasteiger partial charge < -0.3 is 10.1 Å². The summed E-state index contributed by atoms with van der Waals surface area (Å²) in [5.74, 6) is 1.05. The Labute approximate surface area is 88.9 Å². The summed E-state index contributed by atoms with van der Waals surface area (Å²) in [6.45, 7) is 2.57. The summed E-state index contributed by atoms with van der Waals surface area (Å²) in [4.78, 5) is 0. The van der Waals surface area contributed by atoms with Crippen molar-refractivity contribution >= 4 is 10.8 Å². The molecule has 2 aromatic rings. The van der Waals surface area contributed by atoms with E-state index in [2.05, 4.69) is 41.7 Å². The van der Waals surface area contributed by atoms with Gasteiger partial charge in [0.2, 0.25) is 0 Å². The van der Waals surface area contributed by atoms with E-state index in [1.807, 2.05) is 0 Å². The fourth-order valence-electron chi connectivity index (χ4n) is 2.05. The molecule has 1 aliphatic rings. The Morgan fingerprint density at radius 2 is 2.00 bits per heavy atom. The first-order valence-electron chi connectivity index (χ1n) is 5.29. The highest BCUT2D eigenvalue weighted by molar-refractivity contribution is 5.89. The lowest BCUT2D eigenvalue weighted by atomic mass is 10.1. The van der Waals surface area contributed by atoms with Crippen molar-refractivity contribution in [2.75, 3.05) is 13.2 Å². The zero-order valence-electron chi connectivity index (χ0n) is 8.49. The molecule has 2 nitrogen and oxygen atoms in total. The zero-order chi connectivity index (χ0) is 10.1. The quantitative estimate of drug-likeness (QED) is 0.703. The molecule has 0 atom stereocenters. The maximum absolute atomic E-state index is 5.80. The van der Waals surface area contributed by atoms with Gasteiger partial charge in [-0.15, -0.1) is 0 Å². The summed E-state index contributed by atoms with van der Waals surface area (Å²) in [6.07, 6.45) is 0. The monoisotopic (exact) mass is 199 g/mol. The maximum Gasteiger partial charge on any atom is 0.131 e. The standard InChI is InChI=1S/C13H13NO/c1-2-4-12-10(3-1)5-6-11-9-14-7-8-15-13(11)12/h1-6,14H,7-9H2. The van der Waals surface area contributed by atoms with Crippen molar-refractivity contribution in [3.63, 3.8) is 0 Å². The number of ether oxygens (including phenoxy) is 1. The number of benzene rings is 2. The van der Waals surface area contributed by atoms with Gasteiger partial charge in [-0.05, 0) is 5.39 Å². The summed E-state index contributed by atoms with van der Waals surface area (Å²) < 4.78 is 5.80. The molecule has 1 heterocycles. The third kappa shape index (κ3) is 1.47. The molecule has 0 bridgehead atoms. The van der Waals surface area contributed by atoms with Crippen molar-refractivity contribution in [1.29, 1.82) is 0 Å². The van der Waals surface area contributed by atoms with Gasteiger partial charge in [0.15, 0.2) is 0 Å². The number of rotatable bonds is 0. The molecule has 0 fully saturated rings. The van der Waals surface area contributed by atoms with Crippen LogP contribution in [0.3, 0.4) is 0 Å². The van der Waals surface area contributed by atoms with E-state index >= 15 is 0 Å². The summed E-state index contributed by atoms with van der Waals surface area (Å²) >= 11 is 0. The number of fused-ring (bicyclic) bond motifs is 3. The Hall–Kier alpha value is -1.54. The van der Waals surface area contributed by atoms with Crippen molar-refractivity contribution in [2.45, 2.75) is 6.54 Å². The first-order valence-corrected chi connectivity index (χ1v) is 5.29. The highest BCUT2D eigenvalue weighted by Gasteiger charge is 2.11. The van der Waals surface area contributed by atoms with Crippen LogP contribution in [0.2, 0.25) is 0 Å². The predicted octanol–water partition coefficient (Wildman–Crippen LogP) is 2.32. The van der Waals surface area contributed by atoms with E-state index in [9.17, 15) is 0 Å². The normalized spacial score (nSPS) is 15.5. The van der Waals surface area contributed by atoms with Crippen molar-refractivity contribution in [2.24, 2.45) is 0 Å². The van der Waals surface area contributed by atoms with Crippen molar-refractivity contribution in [1.82, 2.24) is 5.32 Å². The minimum absolute atomic E-state index is 0.751. The summed E-state index contributed by atoms with van der Waals surface area (Å²) in [7, 11) is 0. The Balaban J connectivity index is 2.27. The molecule has 1 N–H and O–H groups in total. The lowest BCUT2D eigenvalue weighted by molar-refractivity contribution is 0.329. The SMILES string of the molecule is c1ccc2c3c(ccc2c1)CNCCO3. The second-order valence-electron chi connectivity index (χ2n) is 3.80. The van der Waals surface area contributed by atoms with Gasteiger partial charge in [0.05, 0.1) is 0 Å². The molecule has 0 aromatic heterocycles. The van der Waals surface area contributed by atoms with Gasteiger partial charge >= 0.3 is 0 Å². The molecule has 0 spiro atoms. The molecule has 0 saturated heterocycles. The van der Waals surface area contributed by atoms with Crippen LogP contribution in [-0.2, 0) is 6.54 Å². The van der Waals surface area contributed by atoms with Gasteiger partial charge in [0.1, 0.15) is 12.4 Å². The molecule has 2 heteroatoms. The molecule has 0 saturated carbocycles. The van der Waals surface area contributed by atoms with E-state index in [4.69, 9.17) is 4.74 Å². The first kappa shape index (κ1) is 8.74. The molecule has 1 aliphatic heterocycles. The lowest BCUT2D eigenvalue weighted by Crippen LogP contribution is -2.16. The van der Waals surface area contributed by atoms with E-state index in [0.29, 0.717) is 0 Å². The largest absolute Gasteiger partial charge is 0.491 e. The number of nitrogens with one attached hydrogen (secondary N) is 1. The fraction of sp³-hybridized carbons (Fsp3) is 0.231. The van der Waals surface area contributed by atoms with Crippen molar-refractivity contribution < 1.29 is 4.74 Å². The van der Waals surface area contributed by atoms with Crippen molar-refractivity contribution in [3.05, 3.63) is 42.0 Å². The lowest BCUT2D eigenvalue weighted by Gasteiger charge is -2.09. The second kappa shape index (κ2) is 3.55. The zero-order valence-corrected chi connectivity index (χ0v) is 8.49. The average Bonchev–Trinajstić information content (AvgIpc) is 2.54. The van der Waals surface area contributed by atoms with Crippen LogP contribution in [0.5, 0.6) is 5.75 Å². The van der Waals surface area contributed by atoms with Gasteiger partial charge in [-0.3, -0.25) is 0 Å². The van der Waals surface area contributed by atoms with Crippen LogP contribution in [0.1, 0.15) is 5.56 Å². The van der Waals surface area contributed by atoms with E-state index < -0.39 is 0 Å². The van der Waals surface area contributed by atoms with Gasteiger partial charge in [-0.1, -0.05) is 36.4 Å². The molecule has 0 amide bonds. The minimum Gasteiger partial charge on any atom is -0.491 e. The third-order valence-electron chi connectivity index (χ3n) is 2.80. The fourth-order valence-corrected chi connectivity index (χ4v) is 2.05. The molecule has 0 unspecified atom stereocenters. The number of hydrogen-bond donors (Lipinski definition) is 1. The minimum atomic E-state index is 0.751. The molecule has 15 heavy (non-hydrogen) atoms. The van der Waals surface area contributed by atoms with Gasteiger partial charge in [-0.2, -0.15) is 0 Å². The maximum atomic E-state index is 5.80. The molecule has 2 aromatic carbocycles. The van der Waals surface area contributed by atoms with E-state index in [1.54, 1.807) is 0 Å². The van der Waals surface area contributed by atoms with Crippen LogP contribution in [-0.4, -0.2) is 13.2 Å². The van der Waals surface area contributed by atoms with Crippen LogP contribution in [0.25, 0.3) is 10.8 Å². The van der Waals surface area contributed by atoms with Crippen LogP contribution in [0.15, 0.2) is 36.4 Å². The van der Waals surface area contributed by atoms with E-state index in [-0.39, 0.29) is 0 Å². The molecule has 0 radical (unpaired) electrons. The second-order valence-corrected chi connectivity index (χ2v) is 3.80. The Morgan fingerprint density at radius 1 is 1.07 bits per heavy atom. The Bertz CT molecular complexity index is 493. The van der Waals surface area contributed by atoms with Gasteiger partial charge in [0, 0.05) is 24.0 Å². The topological polar surface area (TPSA) is 21.3 Å². The van der Waals surface area contributed by atoms with Gasteiger partial charge in [-0.25, -0.2) is 0 Å². The van der Waals surface area contributed by atoms with Gasteiger partial charge in [0.25, 0.3) is 0 Å². The van der Waals surface area contributed by atoms with E-state index in [1.165, 1.54) is 16.3 Å². The molecular formula is C13H13NO.